The Hall–Kier alpha value is -3.62. The van der Waals surface area contributed by atoms with Crippen LogP contribution in [0.4, 0.5) is 18.9 Å². The van der Waals surface area contributed by atoms with E-state index in [9.17, 15) is 22.8 Å². The molecule has 0 spiro atoms. The molecule has 6 nitrogen and oxygen atoms in total. The van der Waals surface area contributed by atoms with Gasteiger partial charge in [-0.25, -0.2) is 4.68 Å². The molecule has 0 fully saturated rings. The van der Waals surface area contributed by atoms with Gasteiger partial charge in [0, 0.05) is 6.54 Å². The summed E-state index contributed by atoms with van der Waals surface area (Å²) in [6.07, 6.45) is -3.18. The predicted octanol–water partition coefficient (Wildman–Crippen LogP) is 4.30. The Morgan fingerprint density at radius 1 is 1.06 bits per heavy atom. The van der Waals surface area contributed by atoms with Crippen LogP contribution < -0.4 is 5.32 Å². The fraction of sp³-hybridized carbons (Fsp3) is 0.227. The van der Waals surface area contributed by atoms with E-state index in [4.69, 9.17) is 0 Å². The quantitative estimate of drug-likeness (QED) is 0.634. The van der Waals surface area contributed by atoms with E-state index >= 15 is 0 Å². The molecule has 3 rings (SSSR count). The minimum atomic E-state index is -4.60. The monoisotopic (exact) mass is 430 g/mol. The minimum Gasteiger partial charge on any atom is -0.329 e. The molecule has 0 aliphatic heterocycles. The third-order valence-corrected chi connectivity index (χ3v) is 4.75. The van der Waals surface area contributed by atoms with Crippen LogP contribution in [0, 0.1) is 6.92 Å². The van der Waals surface area contributed by atoms with Gasteiger partial charge >= 0.3 is 6.18 Å². The van der Waals surface area contributed by atoms with Gasteiger partial charge < -0.3 is 10.2 Å². The van der Waals surface area contributed by atoms with Crippen LogP contribution in [0.15, 0.2) is 60.8 Å². The Kier molecular flexibility index (Phi) is 6.43. The Morgan fingerprint density at radius 3 is 2.35 bits per heavy atom. The molecule has 3 aromatic rings. The van der Waals surface area contributed by atoms with Gasteiger partial charge in [-0.3, -0.25) is 9.59 Å². The van der Waals surface area contributed by atoms with E-state index in [2.05, 4.69) is 10.4 Å². The molecule has 162 valence electrons. The van der Waals surface area contributed by atoms with E-state index in [0.29, 0.717) is 11.3 Å². The number of aromatic nitrogens is 2. The number of rotatable bonds is 6. The highest BCUT2D eigenvalue weighted by atomic mass is 19.4. The van der Waals surface area contributed by atoms with Crippen LogP contribution in [0.2, 0.25) is 0 Å². The third kappa shape index (κ3) is 4.93. The van der Waals surface area contributed by atoms with Gasteiger partial charge in [0.15, 0.2) is 0 Å². The maximum Gasteiger partial charge on any atom is 0.418 e. The number of amides is 2. The average Bonchev–Trinajstić information content (AvgIpc) is 3.13. The standard InChI is InChI=1S/C22H21F3N4O2/c1-3-28(14-20(30)27-19-12-8-7-11-18(19)22(23,24)25)21(31)17-13-26-29(15(17)2)16-9-5-4-6-10-16/h4-13H,3,14H2,1-2H3,(H,27,30). The maximum atomic E-state index is 13.1. The summed E-state index contributed by atoms with van der Waals surface area (Å²) < 4.78 is 41.0. The molecule has 1 N–H and O–H groups in total. The van der Waals surface area contributed by atoms with Gasteiger partial charge in [0.2, 0.25) is 5.91 Å². The molecule has 0 aliphatic rings. The summed E-state index contributed by atoms with van der Waals surface area (Å²) >= 11 is 0. The van der Waals surface area contributed by atoms with Crippen molar-refractivity contribution >= 4 is 17.5 Å². The Balaban J connectivity index is 1.76. The van der Waals surface area contributed by atoms with Crippen molar-refractivity contribution in [3.05, 3.63) is 77.6 Å². The normalized spacial score (nSPS) is 11.3. The Bertz CT molecular complexity index is 1080. The van der Waals surface area contributed by atoms with Gasteiger partial charge in [0.25, 0.3) is 5.91 Å². The first-order valence-corrected chi connectivity index (χ1v) is 9.57. The largest absolute Gasteiger partial charge is 0.418 e. The fourth-order valence-electron chi connectivity index (χ4n) is 3.15. The summed E-state index contributed by atoms with van der Waals surface area (Å²) in [7, 11) is 0. The number of para-hydroxylation sites is 2. The molecular formula is C22H21F3N4O2. The van der Waals surface area contributed by atoms with Gasteiger partial charge in [-0.2, -0.15) is 18.3 Å². The summed E-state index contributed by atoms with van der Waals surface area (Å²) in [6, 6.07) is 13.9. The highest BCUT2D eigenvalue weighted by Gasteiger charge is 2.33. The number of anilines is 1. The molecule has 9 heteroatoms. The van der Waals surface area contributed by atoms with Gasteiger partial charge in [-0.05, 0) is 38.1 Å². The first-order valence-electron chi connectivity index (χ1n) is 9.57. The lowest BCUT2D eigenvalue weighted by molar-refractivity contribution is -0.137. The topological polar surface area (TPSA) is 67.2 Å². The summed E-state index contributed by atoms with van der Waals surface area (Å²) in [5.74, 6) is -1.15. The Labute approximate surface area is 177 Å². The van der Waals surface area contributed by atoms with Gasteiger partial charge in [0.1, 0.15) is 6.54 Å². The second-order valence-electron chi connectivity index (χ2n) is 6.80. The third-order valence-electron chi connectivity index (χ3n) is 4.75. The number of halogens is 3. The van der Waals surface area contributed by atoms with Gasteiger partial charge in [0.05, 0.1) is 34.4 Å². The van der Waals surface area contributed by atoms with E-state index in [1.807, 2.05) is 30.3 Å². The number of hydrogen-bond acceptors (Lipinski definition) is 3. The van der Waals surface area contributed by atoms with E-state index in [-0.39, 0.29) is 12.2 Å². The molecule has 0 radical (unpaired) electrons. The molecule has 0 bridgehead atoms. The molecule has 0 atom stereocenters. The summed E-state index contributed by atoms with van der Waals surface area (Å²) in [5, 5.41) is 6.51. The number of benzene rings is 2. The van der Waals surface area contributed by atoms with Crippen LogP contribution >= 0.6 is 0 Å². The van der Waals surface area contributed by atoms with Crippen molar-refractivity contribution < 1.29 is 22.8 Å². The van der Waals surface area contributed by atoms with Crippen molar-refractivity contribution in [3.8, 4) is 5.69 Å². The van der Waals surface area contributed by atoms with Crippen molar-refractivity contribution in [1.82, 2.24) is 14.7 Å². The van der Waals surface area contributed by atoms with Gasteiger partial charge in [-0.1, -0.05) is 30.3 Å². The highest BCUT2D eigenvalue weighted by molar-refractivity contribution is 6.00. The van der Waals surface area contributed by atoms with Crippen molar-refractivity contribution in [2.24, 2.45) is 0 Å². The first kappa shape index (κ1) is 22.1. The van der Waals surface area contributed by atoms with E-state index in [0.717, 1.165) is 11.8 Å². The van der Waals surface area contributed by atoms with E-state index < -0.39 is 30.1 Å². The SMILES string of the molecule is CCN(CC(=O)Nc1ccccc1C(F)(F)F)C(=O)c1cnn(-c2ccccc2)c1C. The van der Waals surface area contributed by atoms with Crippen LogP contribution in [-0.4, -0.2) is 39.6 Å². The molecule has 2 aromatic carbocycles. The van der Waals surface area contributed by atoms with Crippen LogP contribution in [0.3, 0.4) is 0 Å². The molecule has 31 heavy (non-hydrogen) atoms. The Morgan fingerprint density at radius 2 is 1.71 bits per heavy atom. The van der Waals surface area contributed by atoms with Crippen LogP contribution in [-0.2, 0) is 11.0 Å². The molecule has 1 aromatic heterocycles. The fourth-order valence-corrected chi connectivity index (χ4v) is 3.15. The first-order chi connectivity index (χ1) is 14.7. The van der Waals surface area contributed by atoms with Crippen molar-refractivity contribution in [3.63, 3.8) is 0 Å². The van der Waals surface area contributed by atoms with Crippen molar-refractivity contribution in [1.29, 1.82) is 0 Å². The molecule has 0 aliphatic carbocycles. The molecule has 0 saturated heterocycles. The second-order valence-corrected chi connectivity index (χ2v) is 6.80. The number of hydrogen-bond donors (Lipinski definition) is 1. The lowest BCUT2D eigenvalue weighted by atomic mass is 10.1. The lowest BCUT2D eigenvalue weighted by Crippen LogP contribution is -2.38. The van der Waals surface area contributed by atoms with E-state index in [1.54, 1.807) is 18.5 Å². The number of nitrogens with one attached hydrogen (secondary N) is 1. The van der Waals surface area contributed by atoms with Crippen molar-refractivity contribution in [2.45, 2.75) is 20.0 Å². The molecule has 0 unspecified atom stereocenters. The average molecular weight is 430 g/mol. The van der Waals surface area contributed by atoms with Crippen LogP contribution in [0.25, 0.3) is 5.69 Å². The number of alkyl halides is 3. The van der Waals surface area contributed by atoms with Crippen molar-refractivity contribution in [2.75, 3.05) is 18.4 Å². The minimum absolute atomic E-state index is 0.198. The molecule has 2 amide bonds. The molecular weight excluding hydrogens is 409 g/mol. The summed E-state index contributed by atoms with van der Waals surface area (Å²) in [4.78, 5) is 26.6. The summed E-state index contributed by atoms with van der Waals surface area (Å²) in [6.45, 7) is 3.23. The number of likely N-dealkylation sites (N-methyl/N-ethyl adjacent to an activating group) is 1. The summed E-state index contributed by atoms with van der Waals surface area (Å²) in [5.41, 5.74) is 0.393. The van der Waals surface area contributed by atoms with E-state index in [1.165, 1.54) is 29.3 Å². The smallest absolute Gasteiger partial charge is 0.329 e. The zero-order valence-corrected chi connectivity index (χ0v) is 17.0. The molecule has 1 heterocycles. The van der Waals surface area contributed by atoms with Crippen LogP contribution in [0.1, 0.15) is 28.5 Å². The maximum absolute atomic E-state index is 13.1. The zero-order chi connectivity index (χ0) is 22.6. The van der Waals surface area contributed by atoms with Crippen LogP contribution in [0.5, 0.6) is 0 Å². The number of carbonyl (C=O) groups is 2. The molecule has 0 saturated carbocycles. The zero-order valence-electron chi connectivity index (χ0n) is 17.0. The number of carbonyl (C=O) groups excluding carboxylic acids is 2. The van der Waals surface area contributed by atoms with Gasteiger partial charge in [-0.15, -0.1) is 0 Å². The highest BCUT2D eigenvalue weighted by Crippen LogP contribution is 2.34. The number of nitrogens with zero attached hydrogens (tertiary/aromatic N) is 3. The predicted molar refractivity (Wildman–Crippen MR) is 110 cm³/mol. The second kappa shape index (κ2) is 9.03. The lowest BCUT2D eigenvalue weighted by Gasteiger charge is -2.21.